The molecule has 1 fully saturated rings. The molecule has 2 rings (SSSR count). The van der Waals surface area contributed by atoms with Crippen LogP contribution in [0.4, 0.5) is 13.2 Å². The van der Waals surface area contributed by atoms with E-state index in [1.807, 2.05) is 0 Å². The monoisotopic (exact) mass is 490 g/mol. The minimum atomic E-state index is -4.36. The highest BCUT2D eigenvalue weighted by molar-refractivity contribution is 14.0. The number of alkyl halides is 3. The number of hydrogen-bond acceptors (Lipinski definition) is 3. The zero-order chi connectivity index (χ0) is 17.6. The molecule has 0 aromatic carbocycles. The lowest BCUT2D eigenvalue weighted by Crippen LogP contribution is -2.41. The summed E-state index contributed by atoms with van der Waals surface area (Å²) in [5.74, 6) is 2.15. The molecule has 25 heavy (non-hydrogen) atoms. The van der Waals surface area contributed by atoms with Gasteiger partial charge in [-0.05, 0) is 24.7 Å². The molecule has 1 aromatic rings. The number of guanidine groups is 1. The molecule has 1 aliphatic carbocycles. The Bertz CT molecular complexity index is 548. The molecule has 144 valence electrons. The smallest absolute Gasteiger partial charge is 0.356 e. The number of halogens is 4. The van der Waals surface area contributed by atoms with E-state index in [-0.39, 0.29) is 24.0 Å². The van der Waals surface area contributed by atoms with Crippen LogP contribution in [0.15, 0.2) is 10.4 Å². The van der Waals surface area contributed by atoms with Gasteiger partial charge in [0.1, 0.15) is 0 Å². The van der Waals surface area contributed by atoms with E-state index < -0.39 is 11.9 Å². The van der Waals surface area contributed by atoms with Crippen molar-refractivity contribution >= 4 is 41.3 Å². The lowest BCUT2D eigenvalue weighted by molar-refractivity contribution is -0.140. The van der Waals surface area contributed by atoms with Crippen molar-refractivity contribution in [2.75, 3.05) is 20.1 Å². The van der Waals surface area contributed by atoms with Crippen LogP contribution >= 0.6 is 35.3 Å². The van der Waals surface area contributed by atoms with Gasteiger partial charge in [-0.2, -0.15) is 13.2 Å². The van der Waals surface area contributed by atoms with E-state index >= 15 is 0 Å². The van der Waals surface area contributed by atoms with Crippen molar-refractivity contribution in [1.82, 2.24) is 15.6 Å². The first-order valence-electron chi connectivity index (χ1n) is 8.34. The number of aliphatic imine (C=N–C) groups is 1. The van der Waals surface area contributed by atoms with Crippen LogP contribution < -0.4 is 10.6 Å². The Hall–Kier alpha value is -0.580. The number of hydrogen-bond donors (Lipinski definition) is 2. The molecule has 0 radical (unpaired) electrons. The predicted molar refractivity (Wildman–Crippen MR) is 107 cm³/mol. The zero-order valence-electron chi connectivity index (χ0n) is 14.5. The fraction of sp³-hybridized carbons (Fsp3) is 0.750. The van der Waals surface area contributed by atoms with Gasteiger partial charge in [0.25, 0.3) is 0 Å². The summed E-state index contributed by atoms with van der Waals surface area (Å²) in [6, 6.07) is 0. The second-order valence-electron chi connectivity index (χ2n) is 6.39. The SMILES string of the molecule is CN=C(NCCc1nc(C(F)(F)F)cs1)NCC1CCCC(C)C1.I. The van der Waals surface area contributed by atoms with E-state index in [4.69, 9.17) is 0 Å². The van der Waals surface area contributed by atoms with Gasteiger partial charge in [-0.15, -0.1) is 35.3 Å². The summed E-state index contributed by atoms with van der Waals surface area (Å²) in [5.41, 5.74) is -0.809. The lowest BCUT2D eigenvalue weighted by Gasteiger charge is -2.27. The third-order valence-corrected chi connectivity index (χ3v) is 5.21. The second kappa shape index (κ2) is 10.5. The van der Waals surface area contributed by atoms with Gasteiger partial charge >= 0.3 is 6.18 Å². The maximum Gasteiger partial charge on any atom is 0.434 e. The van der Waals surface area contributed by atoms with Gasteiger partial charge in [0, 0.05) is 31.9 Å². The molecule has 0 amide bonds. The molecule has 2 N–H and O–H groups in total. The third-order valence-electron chi connectivity index (χ3n) is 4.30. The van der Waals surface area contributed by atoms with Crippen molar-refractivity contribution in [2.24, 2.45) is 16.8 Å². The molecule has 1 heterocycles. The molecule has 2 atom stereocenters. The molecular weight excluding hydrogens is 464 g/mol. The van der Waals surface area contributed by atoms with Crippen LogP contribution in [0.1, 0.15) is 43.3 Å². The van der Waals surface area contributed by atoms with E-state index in [1.165, 1.54) is 25.7 Å². The van der Waals surface area contributed by atoms with E-state index in [9.17, 15) is 13.2 Å². The highest BCUT2D eigenvalue weighted by atomic mass is 127. The van der Waals surface area contributed by atoms with Crippen molar-refractivity contribution in [3.63, 3.8) is 0 Å². The van der Waals surface area contributed by atoms with Gasteiger partial charge in [0.05, 0.1) is 5.01 Å². The van der Waals surface area contributed by atoms with Crippen LogP contribution in [-0.2, 0) is 12.6 Å². The zero-order valence-corrected chi connectivity index (χ0v) is 17.7. The van der Waals surface area contributed by atoms with Gasteiger partial charge in [0.15, 0.2) is 11.7 Å². The lowest BCUT2D eigenvalue weighted by atomic mass is 9.82. The first kappa shape index (κ1) is 22.5. The summed E-state index contributed by atoms with van der Waals surface area (Å²) in [7, 11) is 1.70. The molecule has 1 aliphatic rings. The molecule has 0 saturated heterocycles. The third kappa shape index (κ3) is 7.67. The summed E-state index contributed by atoms with van der Waals surface area (Å²) in [5, 5.41) is 8.00. The molecule has 1 aromatic heterocycles. The Morgan fingerprint density at radius 3 is 2.72 bits per heavy atom. The van der Waals surface area contributed by atoms with Gasteiger partial charge in [-0.25, -0.2) is 4.98 Å². The number of aromatic nitrogens is 1. The average Bonchev–Trinajstić information content (AvgIpc) is 3.00. The average molecular weight is 490 g/mol. The van der Waals surface area contributed by atoms with Crippen LogP contribution in [0.25, 0.3) is 0 Å². The molecule has 0 spiro atoms. The molecule has 2 unspecified atom stereocenters. The highest BCUT2D eigenvalue weighted by Gasteiger charge is 2.33. The molecule has 0 aliphatic heterocycles. The molecule has 0 bridgehead atoms. The first-order chi connectivity index (χ1) is 11.4. The van der Waals surface area contributed by atoms with E-state index in [0.717, 1.165) is 29.2 Å². The van der Waals surface area contributed by atoms with E-state index in [1.54, 1.807) is 7.05 Å². The van der Waals surface area contributed by atoms with Crippen LogP contribution in [0.3, 0.4) is 0 Å². The van der Waals surface area contributed by atoms with Gasteiger partial charge < -0.3 is 10.6 Å². The first-order valence-corrected chi connectivity index (χ1v) is 9.22. The predicted octanol–water partition coefficient (Wildman–Crippen LogP) is 4.31. The summed E-state index contributed by atoms with van der Waals surface area (Å²) < 4.78 is 37.5. The molecule has 9 heteroatoms. The highest BCUT2D eigenvalue weighted by Crippen LogP contribution is 2.30. The van der Waals surface area contributed by atoms with Crippen molar-refractivity contribution in [1.29, 1.82) is 0 Å². The van der Waals surface area contributed by atoms with E-state index in [2.05, 4.69) is 27.5 Å². The van der Waals surface area contributed by atoms with Crippen molar-refractivity contribution in [3.05, 3.63) is 16.1 Å². The van der Waals surface area contributed by atoms with Crippen LogP contribution in [-0.4, -0.2) is 31.1 Å². The largest absolute Gasteiger partial charge is 0.434 e. The minimum absolute atomic E-state index is 0. The summed E-state index contributed by atoms with van der Waals surface area (Å²) in [6.45, 7) is 3.69. The van der Waals surface area contributed by atoms with Gasteiger partial charge in [-0.3, -0.25) is 4.99 Å². The van der Waals surface area contributed by atoms with Crippen LogP contribution in [0.2, 0.25) is 0 Å². The molecular formula is C16H26F3IN4S. The Balaban J connectivity index is 0.00000312. The Morgan fingerprint density at radius 1 is 1.36 bits per heavy atom. The fourth-order valence-corrected chi connectivity index (χ4v) is 3.86. The Labute approximate surface area is 168 Å². The maximum atomic E-state index is 12.5. The number of rotatable bonds is 5. The van der Waals surface area contributed by atoms with Crippen molar-refractivity contribution in [2.45, 2.75) is 45.2 Å². The van der Waals surface area contributed by atoms with Crippen molar-refractivity contribution in [3.8, 4) is 0 Å². The Kier molecular flexibility index (Phi) is 9.47. The fourth-order valence-electron chi connectivity index (χ4n) is 3.05. The van der Waals surface area contributed by atoms with Crippen LogP contribution in [0.5, 0.6) is 0 Å². The molecule has 1 saturated carbocycles. The van der Waals surface area contributed by atoms with Gasteiger partial charge in [0.2, 0.25) is 0 Å². The summed E-state index contributed by atoms with van der Waals surface area (Å²) in [6.07, 6.45) is 1.16. The second-order valence-corrected chi connectivity index (χ2v) is 7.33. The number of thiazole rings is 1. The van der Waals surface area contributed by atoms with Gasteiger partial charge in [-0.1, -0.05) is 19.8 Å². The maximum absolute atomic E-state index is 12.5. The summed E-state index contributed by atoms with van der Waals surface area (Å²) in [4.78, 5) is 7.79. The topological polar surface area (TPSA) is 49.3 Å². The molecule has 4 nitrogen and oxygen atoms in total. The van der Waals surface area contributed by atoms with Crippen LogP contribution in [0, 0.1) is 11.8 Å². The quantitative estimate of drug-likeness (QED) is 0.368. The number of nitrogens with one attached hydrogen (secondary N) is 2. The minimum Gasteiger partial charge on any atom is -0.356 e. The van der Waals surface area contributed by atoms with Crippen molar-refractivity contribution < 1.29 is 13.2 Å². The van der Waals surface area contributed by atoms with E-state index in [0.29, 0.717) is 29.9 Å². The summed E-state index contributed by atoms with van der Waals surface area (Å²) >= 11 is 1.04. The Morgan fingerprint density at radius 2 is 2.12 bits per heavy atom. The standard InChI is InChI=1S/C16H25F3N4S.HI/c1-11-4-3-5-12(8-11)9-22-15(20-2)21-7-6-14-23-13(10-24-14)16(17,18)19;/h10-12H,3-9H2,1-2H3,(H2,20,21,22);1H. The number of nitrogens with zero attached hydrogens (tertiary/aromatic N) is 2. The normalized spacial score (nSPS) is 21.6.